The first-order valence-corrected chi connectivity index (χ1v) is 6.11. The summed E-state index contributed by atoms with van der Waals surface area (Å²) in [6.07, 6.45) is 2.83. The third-order valence-corrected chi connectivity index (χ3v) is 3.03. The van der Waals surface area contributed by atoms with Crippen LogP contribution < -0.4 is 10.6 Å². The Morgan fingerprint density at radius 3 is 2.59 bits per heavy atom. The number of ether oxygens (including phenoxy) is 1. The molecule has 0 spiro atoms. The molecule has 0 aromatic carbocycles. The highest BCUT2D eigenvalue weighted by molar-refractivity contribution is 5.56. The molecule has 2 heterocycles. The molecule has 0 unspecified atom stereocenters. The normalized spacial score (nSPS) is 25.0. The average Bonchev–Trinajstić information content (AvgIpc) is 2.27. The molecule has 2 N–H and O–H groups in total. The van der Waals surface area contributed by atoms with Crippen LogP contribution in [0.4, 0.5) is 11.6 Å². The Morgan fingerprint density at radius 2 is 2.00 bits per heavy atom. The van der Waals surface area contributed by atoms with Crippen molar-refractivity contribution in [2.75, 3.05) is 23.7 Å². The lowest BCUT2D eigenvalue weighted by atomic mass is 10.1. The van der Waals surface area contributed by atoms with Crippen molar-refractivity contribution in [3.05, 3.63) is 11.9 Å². The predicted octanol–water partition coefficient (Wildman–Crippen LogP) is 1.23. The van der Waals surface area contributed by atoms with Gasteiger partial charge in [-0.2, -0.15) is 0 Å². The van der Waals surface area contributed by atoms with Crippen molar-refractivity contribution in [2.45, 2.75) is 39.4 Å². The summed E-state index contributed by atoms with van der Waals surface area (Å²) in [5, 5.41) is 0. The zero-order valence-corrected chi connectivity index (χ0v) is 10.7. The second kappa shape index (κ2) is 4.87. The van der Waals surface area contributed by atoms with Gasteiger partial charge in [0.1, 0.15) is 18.0 Å². The van der Waals surface area contributed by atoms with Gasteiger partial charge in [0.15, 0.2) is 0 Å². The fourth-order valence-corrected chi connectivity index (χ4v) is 2.38. The fraction of sp³-hybridized carbons (Fsp3) is 0.667. The molecule has 5 nitrogen and oxygen atoms in total. The minimum Gasteiger partial charge on any atom is -0.383 e. The summed E-state index contributed by atoms with van der Waals surface area (Å²) in [4.78, 5) is 10.7. The van der Waals surface area contributed by atoms with Gasteiger partial charge in [0, 0.05) is 18.7 Å². The van der Waals surface area contributed by atoms with E-state index in [2.05, 4.69) is 35.6 Å². The number of nitrogens with two attached hydrogens (primary N) is 1. The maximum absolute atomic E-state index is 5.90. The second-order valence-electron chi connectivity index (χ2n) is 4.58. The predicted molar refractivity (Wildman–Crippen MR) is 68.0 cm³/mol. The Labute approximate surface area is 102 Å². The van der Waals surface area contributed by atoms with Crippen LogP contribution in [0.3, 0.4) is 0 Å². The Kier molecular flexibility index (Phi) is 3.47. The van der Waals surface area contributed by atoms with Crippen LogP contribution in [0.25, 0.3) is 0 Å². The Hall–Kier alpha value is -1.36. The van der Waals surface area contributed by atoms with E-state index in [1.165, 1.54) is 6.33 Å². The molecule has 1 aromatic rings. The molecule has 0 amide bonds. The molecule has 2 atom stereocenters. The smallest absolute Gasteiger partial charge is 0.137 e. The van der Waals surface area contributed by atoms with Crippen molar-refractivity contribution in [1.82, 2.24) is 9.97 Å². The quantitative estimate of drug-likeness (QED) is 0.836. The van der Waals surface area contributed by atoms with Crippen molar-refractivity contribution in [3.63, 3.8) is 0 Å². The summed E-state index contributed by atoms with van der Waals surface area (Å²) >= 11 is 0. The summed E-state index contributed by atoms with van der Waals surface area (Å²) in [7, 11) is 0. The van der Waals surface area contributed by atoms with Crippen molar-refractivity contribution in [1.29, 1.82) is 0 Å². The number of aromatic nitrogens is 2. The summed E-state index contributed by atoms with van der Waals surface area (Å²) in [6, 6.07) is 0. The second-order valence-corrected chi connectivity index (χ2v) is 4.58. The average molecular weight is 236 g/mol. The van der Waals surface area contributed by atoms with Gasteiger partial charge in [-0.25, -0.2) is 9.97 Å². The van der Waals surface area contributed by atoms with Gasteiger partial charge in [-0.3, -0.25) is 0 Å². The molecule has 5 heteroatoms. The number of anilines is 2. The lowest BCUT2D eigenvalue weighted by Crippen LogP contribution is -2.46. The Bertz CT molecular complexity index is 386. The Balaban J connectivity index is 2.30. The lowest BCUT2D eigenvalue weighted by Gasteiger charge is -2.36. The first-order chi connectivity index (χ1) is 8.11. The highest BCUT2D eigenvalue weighted by atomic mass is 16.5. The van der Waals surface area contributed by atoms with Crippen molar-refractivity contribution in [3.8, 4) is 0 Å². The molecule has 0 aliphatic carbocycles. The van der Waals surface area contributed by atoms with E-state index in [1.807, 2.05) is 0 Å². The number of morpholine rings is 1. The summed E-state index contributed by atoms with van der Waals surface area (Å²) < 4.78 is 5.73. The minimum atomic E-state index is 0.222. The molecule has 1 aromatic heterocycles. The Morgan fingerprint density at radius 1 is 1.35 bits per heavy atom. The molecule has 1 saturated heterocycles. The van der Waals surface area contributed by atoms with E-state index >= 15 is 0 Å². The van der Waals surface area contributed by atoms with E-state index in [0.717, 1.165) is 30.9 Å². The number of hydrogen-bond donors (Lipinski definition) is 1. The third-order valence-electron chi connectivity index (χ3n) is 3.03. The van der Waals surface area contributed by atoms with Crippen molar-refractivity contribution < 1.29 is 4.74 Å². The number of hydrogen-bond acceptors (Lipinski definition) is 5. The van der Waals surface area contributed by atoms with Crippen LogP contribution in [0.2, 0.25) is 0 Å². The molecule has 1 fully saturated rings. The summed E-state index contributed by atoms with van der Waals surface area (Å²) in [5.74, 6) is 1.55. The number of nitrogen functional groups attached to an aromatic ring is 1. The highest BCUT2D eigenvalue weighted by Gasteiger charge is 2.25. The van der Waals surface area contributed by atoms with E-state index in [-0.39, 0.29) is 12.2 Å². The van der Waals surface area contributed by atoms with Crippen LogP contribution in [-0.4, -0.2) is 35.3 Å². The molecule has 2 rings (SSSR count). The largest absolute Gasteiger partial charge is 0.383 e. The molecule has 17 heavy (non-hydrogen) atoms. The molecule has 0 bridgehead atoms. The first-order valence-electron chi connectivity index (χ1n) is 6.11. The monoisotopic (exact) mass is 236 g/mol. The summed E-state index contributed by atoms with van der Waals surface area (Å²) in [5.41, 5.74) is 6.93. The number of nitrogens with zero attached hydrogens (tertiary/aromatic N) is 3. The number of rotatable bonds is 2. The maximum atomic E-state index is 5.90. The van der Waals surface area contributed by atoms with E-state index < -0.39 is 0 Å². The minimum absolute atomic E-state index is 0.222. The zero-order chi connectivity index (χ0) is 12.4. The molecular formula is C12H20N4O. The van der Waals surface area contributed by atoms with Gasteiger partial charge in [0.25, 0.3) is 0 Å². The van der Waals surface area contributed by atoms with Gasteiger partial charge in [-0.15, -0.1) is 0 Å². The van der Waals surface area contributed by atoms with Crippen LogP contribution in [-0.2, 0) is 11.2 Å². The highest BCUT2D eigenvalue weighted by Crippen LogP contribution is 2.25. The SMILES string of the molecule is CCc1c(N)ncnc1N1C[C@@H](C)O[C@@H](C)C1. The molecular weight excluding hydrogens is 216 g/mol. The van der Waals surface area contributed by atoms with E-state index in [0.29, 0.717) is 5.82 Å². The molecule has 0 saturated carbocycles. The van der Waals surface area contributed by atoms with Crippen LogP contribution >= 0.6 is 0 Å². The van der Waals surface area contributed by atoms with Gasteiger partial charge in [-0.1, -0.05) is 6.92 Å². The van der Waals surface area contributed by atoms with Crippen molar-refractivity contribution >= 4 is 11.6 Å². The van der Waals surface area contributed by atoms with Gasteiger partial charge >= 0.3 is 0 Å². The van der Waals surface area contributed by atoms with E-state index in [1.54, 1.807) is 0 Å². The van der Waals surface area contributed by atoms with Crippen LogP contribution in [0.1, 0.15) is 26.3 Å². The standard InChI is InChI=1S/C12H20N4O/c1-4-10-11(13)14-7-15-12(10)16-5-8(2)17-9(3)6-16/h7-9H,4-6H2,1-3H3,(H2,13,14,15)/t8-,9+. The van der Waals surface area contributed by atoms with E-state index in [9.17, 15) is 0 Å². The molecule has 1 aliphatic rings. The topological polar surface area (TPSA) is 64.3 Å². The first kappa shape index (κ1) is 12.1. The third kappa shape index (κ3) is 2.49. The maximum Gasteiger partial charge on any atom is 0.137 e. The molecule has 1 aliphatic heterocycles. The van der Waals surface area contributed by atoms with Gasteiger partial charge in [0.05, 0.1) is 12.2 Å². The zero-order valence-electron chi connectivity index (χ0n) is 10.7. The lowest BCUT2D eigenvalue weighted by molar-refractivity contribution is -0.00550. The fourth-order valence-electron chi connectivity index (χ4n) is 2.38. The van der Waals surface area contributed by atoms with Gasteiger partial charge < -0.3 is 15.4 Å². The molecule has 0 radical (unpaired) electrons. The van der Waals surface area contributed by atoms with Gasteiger partial charge in [-0.05, 0) is 20.3 Å². The van der Waals surface area contributed by atoms with Crippen molar-refractivity contribution in [2.24, 2.45) is 0 Å². The van der Waals surface area contributed by atoms with E-state index in [4.69, 9.17) is 10.5 Å². The van der Waals surface area contributed by atoms with Crippen LogP contribution in [0, 0.1) is 0 Å². The molecule has 94 valence electrons. The van der Waals surface area contributed by atoms with Gasteiger partial charge in [0.2, 0.25) is 0 Å². The van der Waals surface area contributed by atoms with Crippen LogP contribution in [0.15, 0.2) is 6.33 Å². The van der Waals surface area contributed by atoms with Crippen LogP contribution in [0.5, 0.6) is 0 Å². The summed E-state index contributed by atoms with van der Waals surface area (Å²) in [6.45, 7) is 7.95.